The Balaban J connectivity index is 1.39. The fourth-order valence-corrected chi connectivity index (χ4v) is 5.10. The second-order valence-corrected chi connectivity index (χ2v) is 10.00. The van der Waals surface area contributed by atoms with Gasteiger partial charge in [-0.3, -0.25) is 4.79 Å². The normalized spacial score (nSPS) is 13.9. The van der Waals surface area contributed by atoms with E-state index in [1.54, 1.807) is 0 Å². The molecule has 4 rings (SSSR count). The van der Waals surface area contributed by atoms with Crippen molar-refractivity contribution in [3.05, 3.63) is 68.8 Å². The first-order chi connectivity index (χ1) is 18.1. The van der Waals surface area contributed by atoms with Crippen LogP contribution in [0.5, 0.6) is 0 Å². The lowest BCUT2D eigenvalue weighted by Crippen LogP contribution is -2.28. The first kappa shape index (κ1) is 27.6. The van der Waals surface area contributed by atoms with E-state index in [4.69, 9.17) is 0 Å². The monoisotopic (exact) mass is 554 g/mol. The molecule has 2 aromatic heterocycles. The molecule has 0 amide bonds. The van der Waals surface area contributed by atoms with Crippen LogP contribution in [-0.2, 0) is 40.0 Å². The van der Waals surface area contributed by atoms with Crippen LogP contribution >= 0.6 is 11.3 Å². The molecule has 38 heavy (non-hydrogen) atoms. The molecule has 1 unspecified atom stereocenters. The van der Waals surface area contributed by atoms with E-state index in [9.17, 15) is 31.5 Å². The lowest BCUT2D eigenvalue weighted by atomic mass is 9.92. The number of alkyl halides is 3. The Kier molecular flexibility index (Phi) is 8.65. The smallest absolute Gasteiger partial charge is 0.386 e. The van der Waals surface area contributed by atoms with Gasteiger partial charge < -0.3 is 10.1 Å². The van der Waals surface area contributed by atoms with Crippen molar-refractivity contribution in [2.24, 2.45) is 0 Å². The van der Waals surface area contributed by atoms with Crippen molar-refractivity contribution in [3.8, 4) is 0 Å². The van der Waals surface area contributed by atoms with E-state index >= 15 is 0 Å². The molecule has 0 fully saturated rings. The summed E-state index contributed by atoms with van der Waals surface area (Å²) in [6.07, 6.45) is -2.00. The van der Waals surface area contributed by atoms with Crippen molar-refractivity contribution in [1.29, 1.82) is 0 Å². The summed E-state index contributed by atoms with van der Waals surface area (Å²) < 4.78 is 68.9. The van der Waals surface area contributed by atoms with Crippen LogP contribution in [0, 0.1) is 11.6 Å². The van der Waals surface area contributed by atoms with Gasteiger partial charge in [-0.25, -0.2) is 18.6 Å². The third kappa shape index (κ3) is 7.53. The van der Waals surface area contributed by atoms with Crippen LogP contribution in [-0.4, -0.2) is 39.8 Å². The predicted molar refractivity (Wildman–Crippen MR) is 128 cm³/mol. The zero-order chi connectivity index (χ0) is 27.3. The summed E-state index contributed by atoms with van der Waals surface area (Å²) in [4.78, 5) is 27.7. The summed E-state index contributed by atoms with van der Waals surface area (Å²) >= 11 is 1.23. The van der Waals surface area contributed by atoms with Crippen LogP contribution in [0.1, 0.15) is 52.0 Å². The lowest BCUT2D eigenvalue weighted by molar-refractivity contribution is -0.202. The molecule has 1 N–H and O–H groups in total. The largest absolute Gasteiger partial charge is 0.491 e. The number of hydrogen-bond donors (Lipinski definition) is 1. The molecule has 0 saturated heterocycles. The number of esters is 2. The number of nitrogens with zero attached hydrogens (tertiary/aromatic N) is 3. The van der Waals surface area contributed by atoms with Gasteiger partial charge in [0, 0.05) is 37.1 Å². The molecule has 1 aliphatic rings. The third-order valence-corrected chi connectivity index (χ3v) is 6.92. The van der Waals surface area contributed by atoms with Gasteiger partial charge in [0.2, 0.25) is 0 Å². The zero-order valence-corrected chi connectivity index (χ0v) is 20.8. The third-order valence-electron chi connectivity index (χ3n) is 5.91. The first-order valence-corrected chi connectivity index (χ1v) is 12.7. The summed E-state index contributed by atoms with van der Waals surface area (Å²) in [5, 5.41) is 12.6. The molecular formula is C25H23F5N4O3S. The number of pyridine rings is 1. The number of aromatic nitrogens is 3. The molecule has 1 aliphatic heterocycles. The van der Waals surface area contributed by atoms with E-state index < -0.39 is 42.1 Å². The summed E-state index contributed by atoms with van der Waals surface area (Å²) in [5.41, 5.74) is 2.17. The van der Waals surface area contributed by atoms with Crippen LogP contribution in [0.25, 0.3) is 0 Å². The number of nitrogens with one attached hydrogen (secondary N) is 1. The maximum Gasteiger partial charge on any atom is 0.491 e. The van der Waals surface area contributed by atoms with Gasteiger partial charge in [-0.05, 0) is 55.0 Å². The predicted octanol–water partition coefficient (Wildman–Crippen LogP) is 5.09. The molecule has 202 valence electrons. The highest BCUT2D eigenvalue weighted by Gasteiger charge is 2.42. The Hall–Kier alpha value is -3.48. The fourth-order valence-electron chi connectivity index (χ4n) is 4.13. The van der Waals surface area contributed by atoms with Gasteiger partial charge in [0.1, 0.15) is 27.5 Å². The number of halogens is 5. The Morgan fingerprint density at radius 1 is 1.05 bits per heavy atom. The number of benzene rings is 1. The summed E-state index contributed by atoms with van der Waals surface area (Å²) in [5.74, 6) is -6.06. The number of aryl methyl sites for hydroxylation is 3. The summed E-state index contributed by atoms with van der Waals surface area (Å²) in [6, 6.07) is 6.64. The fraction of sp³-hybridized carbons (Fsp3) is 0.400. The second-order valence-electron chi connectivity index (χ2n) is 8.85. The van der Waals surface area contributed by atoms with Crippen molar-refractivity contribution in [1.82, 2.24) is 15.2 Å². The van der Waals surface area contributed by atoms with Crippen molar-refractivity contribution in [2.45, 2.75) is 57.0 Å². The van der Waals surface area contributed by atoms with Gasteiger partial charge in [-0.1, -0.05) is 6.07 Å². The molecule has 0 aliphatic carbocycles. The van der Waals surface area contributed by atoms with E-state index in [1.807, 2.05) is 6.07 Å². The SMILES string of the molecule is O=C(CC(Cc1nnc(CCCc2ccc3c(n2)NCCC3)s1)c1cc(F)cc(F)c1)OC(=O)C(F)(F)F. The standard InChI is InChI=1S/C25H23F5N4O3S/c26-17-9-15(10-18(27)13-17)16(12-22(35)37-24(36)25(28,29)30)11-21-34-33-20(38-21)5-1-4-19-7-6-14-3-2-8-31-23(14)32-19/h6-7,9-10,13,16H,1-5,8,11-12H2,(H,31,32). The maximum atomic E-state index is 13.8. The van der Waals surface area contributed by atoms with Crippen molar-refractivity contribution >= 4 is 29.1 Å². The molecule has 0 bridgehead atoms. The minimum atomic E-state index is -5.35. The molecule has 1 aromatic carbocycles. The Labute approximate surface area is 218 Å². The van der Waals surface area contributed by atoms with Gasteiger partial charge in [0.05, 0.1) is 6.42 Å². The molecule has 3 heterocycles. The molecule has 0 spiro atoms. The maximum absolute atomic E-state index is 13.8. The van der Waals surface area contributed by atoms with Gasteiger partial charge in [-0.15, -0.1) is 21.5 Å². The van der Waals surface area contributed by atoms with E-state index in [0.717, 1.165) is 49.5 Å². The van der Waals surface area contributed by atoms with Crippen molar-refractivity contribution in [3.63, 3.8) is 0 Å². The minimum Gasteiger partial charge on any atom is -0.386 e. The topological polar surface area (TPSA) is 94.1 Å². The lowest BCUT2D eigenvalue weighted by Gasteiger charge is -2.17. The second kappa shape index (κ2) is 11.9. The average molecular weight is 555 g/mol. The van der Waals surface area contributed by atoms with E-state index in [0.29, 0.717) is 28.9 Å². The summed E-state index contributed by atoms with van der Waals surface area (Å²) in [7, 11) is 0. The van der Waals surface area contributed by atoms with Crippen LogP contribution in [0.2, 0.25) is 0 Å². The number of hydrogen-bond acceptors (Lipinski definition) is 8. The molecule has 0 saturated carbocycles. The summed E-state index contributed by atoms with van der Waals surface area (Å²) in [6.45, 7) is 0.899. The zero-order valence-electron chi connectivity index (χ0n) is 20.0. The van der Waals surface area contributed by atoms with Gasteiger partial charge in [0.25, 0.3) is 0 Å². The minimum absolute atomic E-state index is 0.0164. The average Bonchev–Trinajstić information content (AvgIpc) is 3.29. The van der Waals surface area contributed by atoms with Crippen LogP contribution in [0.4, 0.5) is 27.8 Å². The molecule has 7 nitrogen and oxygen atoms in total. The molecule has 1 atom stereocenters. The molecule has 0 radical (unpaired) electrons. The number of fused-ring (bicyclic) bond motifs is 1. The van der Waals surface area contributed by atoms with Crippen LogP contribution < -0.4 is 5.32 Å². The highest BCUT2D eigenvalue weighted by Crippen LogP contribution is 2.29. The Bertz CT molecular complexity index is 1290. The molecule has 13 heteroatoms. The van der Waals surface area contributed by atoms with Crippen molar-refractivity contribution < 1.29 is 36.3 Å². The molecular weight excluding hydrogens is 531 g/mol. The quantitative estimate of drug-likeness (QED) is 0.224. The van der Waals surface area contributed by atoms with Crippen LogP contribution in [0.15, 0.2) is 30.3 Å². The number of rotatable bonds is 9. The number of carbonyl (C=O) groups excluding carboxylic acids is 2. The number of ether oxygens (including phenoxy) is 1. The van der Waals surface area contributed by atoms with E-state index in [-0.39, 0.29) is 12.0 Å². The highest BCUT2D eigenvalue weighted by molar-refractivity contribution is 7.11. The van der Waals surface area contributed by atoms with Gasteiger partial charge in [0.15, 0.2) is 0 Å². The van der Waals surface area contributed by atoms with Gasteiger partial charge in [-0.2, -0.15) is 13.2 Å². The highest BCUT2D eigenvalue weighted by atomic mass is 32.1. The van der Waals surface area contributed by atoms with Crippen molar-refractivity contribution in [2.75, 3.05) is 11.9 Å². The van der Waals surface area contributed by atoms with E-state index in [2.05, 4.69) is 31.3 Å². The Morgan fingerprint density at radius 2 is 1.79 bits per heavy atom. The van der Waals surface area contributed by atoms with Crippen LogP contribution in [0.3, 0.4) is 0 Å². The Morgan fingerprint density at radius 3 is 2.53 bits per heavy atom. The number of anilines is 1. The first-order valence-electron chi connectivity index (χ1n) is 11.9. The van der Waals surface area contributed by atoms with E-state index in [1.165, 1.54) is 16.9 Å². The van der Waals surface area contributed by atoms with Gasteiger partial charge >= 0.3 is 18.1 Å². The molecule has 3 aromatic rings. The number of carbonyl (C=O) groups is 2.